The number of urea groups is 2. The zero-order valence-electron chi connectivity index (χ0n) is 14.3. The van der Waals surface area contributed by atoms with E-state index >= 15 is 0 Å². The van der Waals surface area contributed by atoms with Gasteiger partial charge in [0.05, 0.1) is 0 Å². The molecule has 2 saturated heterocycles. The number of nitrogens with zero attached hydrogens (tertiary/aromatic N) is 1. The molecule has 140 valence electrons. The number of nitrogens with one attached hydrogen (secondary N) is 3. The van der Waals surface area contributed by atoms with E-state index in [-0.39, 0.29) is 38.5 Å². The van der Waals surface area contributed by atoms with Crippen LogP contribution in [-0.4, -0.2) is 41.9 Å². The highest BCUT2D eigenvalue weighted by atomic mass is 19.3. The molecule has 0 aliphatic carbocycles. The standard InChI is InChI=1S/C17H20F2N4O3/c1-16(13(24)21-14(25)22-16)12-4-2-11(3-5-12)10-20-15(26)23-8-6-17(18,19)7-9-23/h2-5H,6-10H2,1H3,(H,20,26)(H2,21,22,24,25). The van der Waals surface area contributed by atoms with Crippen LogP contribution in [-0.2, 0) is 16.9 Å². The molecular formula is C17H20F2N4O3. The van der Waals surface area contributed by atoms with Crippen molar-refractivity contribution in [2.24, 2.45) is 0 Å². The summed E-state index contributed by atoms with van der Waals surface area (Å²) < 4.78 is 26.3. The maximum Gasteiger partial charge on any atom is 0.322 e. The zero-order chi connectivity index (χ0) is 18.9. The SMILES string of the molecule is CC1(c2ccc(CNC(=O)N3CCC(F)(F)CC3)cc2)NC(=O)NC1=O. The third-order valence-electron chi connectivity index (χ3n) is 4.80. The molecule has 0 bridgehead atoms. The molecule has 26 heavy (non-hydrogen) atoms. The smallest absolute Gasteiger partial charge is 0.322 e. The van der Waals surface area contributed by atoms with Crippen LogP contribution >= 0.6 is 0 Å². The summed E-state index contributed by atoms with van der Waals surface area (Å²) >= 11 is 0. The number of carbonyl (C=O) groups is 3. The van der Waals surface area contributed by atoms with E-state index in [0.717, 1.165) is 5.56 Å². The van der Waals surface area contributed by atoms with Gasteiger partial charge in [0, 0.05) is 32.5 Å². The molecule has 7 nitrogen and oxygen atoms in total. The Morgan fingerprint density at radius 1 is 1.19 bits per heavy atom. The lowest BCUT2D eigenvalue weighted by Gasteiger charge is -2.31. The van der Waals surface area contributed by atoms with E-state index < -0.39 is 23.4 Å². The van der Waals surface area contributed by atoms with Gasteiger partial charge in [-0.3, -0.25) is 10.1 Å². The quantitative estimate of drug-likeness (QED) is 0.711. The first-order valence-electron chi connectivity index (χ1n) is 8.33. The largest absolute Gasteiger partial charge is 0.334 e. The van der Waals surface area contributed by atoms with E-state index in [1.165, 1.54) is 4.90 Å². The molecule has 2 fully saturated rings. The first-order valence-corrected chi connectivity index (χ1v) is 8.33. The lowest BCUT2D eigenvalue weighted by atomic mass is 9.91. The van der Waals surface area contributed by atoms with Gasteiger partial charge in [0.1, 0.15) is 5.54 Å². The van der Waals surface area contributed by atoms with E-state index in [4.69, 9.17) is 0 Å². The van der Waals surface area contributed by atoms with Crippen molar-refractivity contribution in [1.29, 1.82) is 0 Å². The number of alkyl halides is 2. The summed E-state index contributed by atoms with van der Waals surface area (Å²) in [5, 5.41) is 7.48. The Kier molecular flexibility index (Phi) is 4.55. The van der Waals surface area contributed by atoms with E-state index in [1.807, 2.05) is 0 Å². The number of hydrogen-bond acceptors (Lipinski definition) is 3. The van der Waals surface area contributed by atoms with Gasteiger partial charge in [-0.15, -0.1) is 0 Å². The topological polar surface area (TPSA) is 90.5 Å². The summed E-state index contributed by atoms with van der Waals surface area (Å²) in [6.07, 6.45) is -0.636. The molecule has 3 N–H and O–H groups in total. The fourth-order valence-electron chi connectivity index (χ4n) is 3.03. The highest BCUT2D eigenvalue weighted by molar-refractivity contribution is 6.07. The van der Waals surface area contributed by atoms with Crippen LogP contribution in [0.25, 0.3) is 0 Å². The number of imide groups is 1. The Morgan fingerprint density at radius 3 is 2.35 bits per heavy atom. The molecule has 1 aromatic rings. The zero-order valence-corrected chi connectivity index (χ0v) is 14.3. The van der Waals surface area contributed by atoms with Gasteiger partial charge in [-0.05, 0) is 18.1 Å². The van der Waals surface area contributed by atoms with Crippen LogP contribution < -0.4 is 16.0 Å². The molecule has 2 aliphatic rings. The summed E-state index contributed by atoms with van der Waals surface area (Å²) in [4.78, 5) is 36.7. The van der Waals surface area contributed by atoms with Gasteiger partial charge in [0.15, 0.2) is 0 Å². The number of amides is 5. The van der Waals surface area contributed by atoms with Gasteiger partial charge < -0.3 is 15.5 Å². The molecule has 9 heteroatoms. The molecule has 0 radical (unpaired) electrons. The van der Waals surface area contributed by atoms with Crippen molar-refractivity contribution in [3.8, 4) is 0 Å². The monoisotopic (exact) mass is 366 g/mol. The molecule has 1 aromatic carbocycles. The normalized spacial score (nSPS) is 24.8. The van der Waals surface area contributed by atoms with E-state index in [1.54, 1.807) is 31.2 Å². The summed E-state index contributed by atoms with van der Waals surface area (Å²) in [6, 6.07) is 5.97. The van der Waals surface area contributed by atoms with Crippen molar-refractivity contribution >= 4 is 18.0 Å². The molecule has 0 aromatic heterocycles. The van der Waals surface area contributed by atoms with Crippen molar-refractivity contribution in [2.45, 2.75) is 37.8 Å². The number of hydrogen-bond donors (Lipinski definition) is 3. The van der Waals surface area contributed by atoms with Crippen molar-refractivity contribution in [3.63, 3.8) is 0 Å². The van der Waals surface area contributed by atoms with Crippen LogP contribution in [0.5, 0.6) is 0 Å². The number of halogens is 2. The number of likely N-dealkylation sites (tertiary alicyclic amines) is 1. The summed E-state index contributed by atoms with van der Waals surface area (Å²) in [7, 11) is 0. The second-order valence-corrected chi connectivity index (χ2v) is 6.73. The molecule has 2 aliphatic heterocycles. The number of benzene rings is 1. The highest BCUT2D eigenvalue weighted by Crippen LogP contribution is 2.27. The lowest BCUT2D eigenvalue weighted by Crippen LogP contribution is -2.47. The Balaban J connectivity index is 1.56. The first-order chi connectivity index (χ1) is 12.2. The lowest BCUT2D eigenvalue weighted by molar-refractivity contribution is -0.123. The predicted octanol–water partition coefficient (Wildman–Crippen LogP) is 1.68. The number of rotatable bonds is 3. The van der Waals surface area contributed by atoms with E-state index in [0.29, 0.717) is 5.56 Å². The molecule has 0 saturated carbocycles. The van der Waals surface area contributed by atoms with Crippen LogP contribution in [0.15, 0.2) is 24.3 Å². The molecule has 1 unspecified atom stereocenters. The predicted molar refractivity (Wildman–Crippen MR) is 88.5 cm³/mol. The molecule has 0 spiro atoms. The van der Waals surface area contributed by atoms with E-state index in [2.05, 4.69) is 16.0 Å². The van der Waals surface area contributed by atoms with Crippen LogP contribution in [0.1, 0.15) is 30.9 Å². The average Bonchev–Trinajstić information content (AvgIpc) is 2.86. The van der Waals surface area contributed by atoms with Crippen molar-refractivity contribution in [2.75, 3.05) is 13.1 Å². The highest BCUT2D eigenvalue weighted by Gasteiger charge is 2.43. The van der Waals surface area contributed by atoms with Gasteiger partial charge in [-0.2, -0.15) is 0 Å². The summed E-state index contributed by atoms with van der Waals surface area (Å²) in [6.45, 7) is 1.91. The second-order valence-electron chi connectivity index (χ2n) is 6.73. The fraction of sp³-hybridized carbons (Fsp3) is 0.471. The van der Waals surface area contributed by atoms with Gasteiger partial charge >= 0.3 is 12.1 Å². The Labute approximate surface area is 149 Å². The maximum atomic E-state index is 13.1. The van der Waals surface area contributed by atoms with Crippen LogP contribution in [0.3, 0.4) is 0 Å². The Bertz CT molecular complexity index is 728. The molecule has 2 heterocycles. The average molecular weight is 366 g/mol. The van der Waals surface area contributed by atoms with Gasteiger partial charge in [0.2, 0.25) is 0 Å². The molecule has 1 atom stereocenters. The van der Waals surface area contributed by atoms with Crippen LogP contribution in [0.2, 0.25) is 0 Å². The third kappa shape index (κ3) is 3.61. The van der Waals surface area contributed by atoms with Crippen molar-refractivity contribution < 1.29 is 23.2 Å². The van der Waals surface area contributed by atoms with Crippen LogP contribution in [0, 0.1) is 0 Å². The second kappa shape index (κ2) is 6.54. The number of piperidine rings is 1. The number of carbonyl (C=O) groups excluding carboxylic acids is 3. The Hall–Kier alpha value is -2.71. The molecule has 3 rings (SSSR count). The minimum Gasteiger partial charge on any atom is -0.334 e. The third-order valence-corrected chi connectivity index (χ3v) is 4.80. The fourth-order valence-corrected chi connectivity index (χ4v) is 3.03. The van der Waals surface area contributed by atoms with Gasteiger partial charge in [-0.1, -0.05) is 24.3 Å². The minimum atomic E-state index is -2.69. The summed E-state index contributed by atoms with van der Waals surface area (Å²) in [5.41, 5.74) is 0.282. The molecular weight excluding hydrogens is 346 g/mol. The maximum absolute atomic E-state index is 13.1. The van der Waals surface area contributed by atoms with E-state index in [9.17, 15) is 23.2 Å². The summed E-state index contributed by atoms with van der Waals surface area (Å²) in [5.74, 6) is -3.12. The minimum absolute atomic E-state index is 0.0327. The van der Waals surface area contributed by atoms with Gasteiger partial charge in [0.25, 0.3) is 11.8 Å². The van der Waals surface area contributed by atoms with Crippen molar-refractivity contribution in [1.82, 2.24) is 20.9 Å². The first kappa shape index (κ1) is 18.1. The molecule has 5 amide bonds. The van der Waals surface area contributed by atoms with Crippen LogP contribution in [0.4, 0.5) is 18.4 Å². The Morgan fingerprint density at radius 2 is 1.81 bits per heavy atom. The van der Waals surface area contributed by atoms with Crippen molar-refractivity contribution in [3.05, 3.63) is 35.4 Å². The van der Waals surface area contributed by atoms with Gasteiger partial charge in [-0.25, -0.2) is 18.4 Å².